The third kappa shape index (κ3) is 4.15. The number of pyridine rings is 1. The number of carbonyl (C=O) groups excluding carboxylic acids is 1. The molecule has 0 unspecified atom stereocenters. The van der Waals surface area contributed by atoms with Gasteiger partial charge in [-0.2, -0.15) is 0 Å². The Morgan fingerprint density at radius 2 is 1.85 bits per heavy atom. The van der Waals surface area contributed by atoms with Crippen molar-refractivity contribution < 1.29 is 22.7 Å². The van der Waals surface area contributed by atoms with Gasteiger partial charge in [-0.05, 0) is 42.5 Å². The summed E-state index contributed by atoms with van der Waals surface area (Å²) in [6.45, 7) is 0. The number of fused-ring (bicyclic) bond motifs is 1. The summed E-state index contributed by atoms with van der Waals surface area (Å²) in [5.74, 6) is 0.894. The first-order chi connectivity index (χ1) is 16.3. The van der Waals surface area contributed by atoms with Gasteiger partial charge in [-0.1, -0.05) is 0 Å². The van der Waals surface area contributed by atoms with Crippen LogP contribution in [0.15, 0.2) is 72.0 Å². The fraction of sp³-hybridized carbons (Fsp3) is 0.167. The smallest absolute Gasteiger partial charge is 0.269 e. The predicted octanol–water partition coefficient (Wildman–Crippen LogP) is 3.74. The molecule has 4 rings (SSSR count). The summed E-state index contributed by atoms with van der Waals surface area (Å²) in [5.41, 5.74) is 1.91. The van der Waals surface area contributed by atoms with Crippen LogP contribution in [0.5, 0.6) is 11.5 Å². The lowest BCUT2D eigenvalue weighted by Gasteiger charge is -2.13. The van der Waals surface area contributed by atoms with Crippen LogP contribution in [-0.2, 0) is 10.0 Å². The van der Waals surface area contributed by atoms with Crippen LogP contribution in [0.3, 0.4) is 0 Å². The van der Waals surface area contributed by atoms with Crippen molar-refractivity contribution in [3.8, 4) is 11.5 Å². The van der Waals surface area contributed by atoms with E-state index in [1.165, 1.54) is 29.6 Å². The molecule has 0 radical (unpaired) electrons. The van der Waals surface area contributed by atoms with Crippen molar-refractivity contribution in [3.63, 3.8) is 0 Å². The number of ether oxygens (including phenoxy) is 2. The minimum Gasteiger partial charge on any atom is -0.497 e. The van der Waals surface area contributed by atoms with Crippen LogP contribution in [-0.4, -0.2) is 56.5 Å². The first-order valence-corrected chi connectivity index (χ1v) is 11.7. The maximum atomic E-state index is 13.4. The fourth-order valence-electron chi connectivity index (χ4n) is 3.56. The van der Waals surface area contributed by atoms with Gasteiger partial charge >= 0.3 is 0 Å². The Hall–Kier alpha value is -4.05. The van der Waals surface area contributed by atoms with Gasteiger partial charge in [-0.15, -0.1) is 0 Å². The highest BCUT2D eigenvalue weighted by molar-refractivity contribution is 7.90. The van der Waals surface area contributed by atoms with Crippen LogP contribution in [0.2, 0.25) is 0 Å². The van der Waals surface area contributed by atoms with Crippen molar-refractivity contribution in [2.75, 3.05) is 33.6 Å². The predicted molar refractivity (Wildman–Crippen MR) is 130 cm³/mol. The number of hydrogen-bond acceptors (Lipinski definition) is 7. The van der Waals surface area contributed by atoms with E-state index in [0.29, 0.717) is 33.8 Å². The molecule has 0 atom stereocenters. The van der Waals surface area contributed by atoms with Gasteiger partial charge in [0.25, 0.3) is 15.9 Å². The van der Waals surface area contributed by atoms with Crippen LogP contribution in [0.4, 0.5) is 11.4 Å². The Bertz CT molecular complexity index is 1460. The van der Waals surface area contributed by atoms with Crippen molar-refractivity contribution in [1.82, 2.24) is 13.9 Å². The molecule has 2 heterocycles. The molecule has 1 N–H and O–H groups in total. The second kappa shape index (κ2) is 9.06. The number of nitrogens with zero attached hydrogens (tertiary/aromatic N) is 3. The number of methoxy groups -OCH3 is 2. The van der Waals surface area contributed by atoms with Gasteiger partial charge in [0.1, 0.15) is 16.4 Å². The molecule has 0 aliphatic rings. The second-order valence-corrected chi connectivity index (χ2v) is 9.47. The number of anilines is 2. The topological polar surface area (TPSA) is 103 Å². The quantitative estimate of drug-likeness (QED) is 0.430. The Labute approximate surface area is 197 Å². The number of carbonyl (C=O) groups is 1. The summed E-state index contributed by atoms with van der Waals surface area (Å²) in [6.07, 6.45) is 4.13. The summed E-state index contributed by atoms with van der Waals surface area (Å²) in [6, 6.07) is 13.5. The van der Waals surface area contributed by atoms with Crippen molar-refractivity contribution in [1.29, 1.82) is 0 Å². The van der Waals surface area contributed by atoms with Crippen LogP contribution in [0.25, 0.3) is 10.9 Å². The molecular weight excluding hydrogens is 456 g/mol. The number of benzene rings is 2. The molecular formula is C24H24N4O5S. The molecule has 0 bridgehead atoms. The van der Waals surface area contributed by atoms with Crippen LogP contribution in [0.1, 0.15) is 10.4 Å². The number of aromatic nitrogens is 2. The van der Waals surface area contributed by atoms with E-state index in [1.807, 2.05) is 0 Å². The Morgan fingerprint density at radius 1 is 1.06 bits per heavy atom. The molecule has 0 saturated carbocycles. The monoisotopic (exact) mass is 480 g/mol. The van der Waals surface area contributed by atoms with E-state index in [2.05, 4.69) is 10.3 Å². The van der Waals surface area contributed by atoms with Crippen LogP contribution >= 0.6 is 0 Å². The maximum Gasteiger partial charge on any atom is 0.269 e. The highest BCUT2D eigenvalue weighted by Gasteiger charge is 2.25. The maximum absolute atomic E-state index is 13.4. The summed E-state index contributed by atoms with van der Waals surface area (Å²) < 4.78 is 38.7. The van der Waals surface area contributed by atoms with Crippen LogP contribution in [0, 0.1) is 0 Å². The van der Waals surface area contributed by atoms with E-state index in [4.69, 9.17) is 9.47 Å². The average Bonchev–Trinajstić information content (AvgIpc) is 3.23. The molecule has 0 fully saturated rings. The number of amides is 1. The van der Waals surface area contributed by atoms with Gasteiger partial charge < -0.3 is 19.7 Å². The van der Waals surface area contributed by atoms with E-state index >= 15 is 0 Å². The zero-order valence-corrected chi connectivity index (χ0v) is 20.0. The molecule has 10 heteroatoms. The summed E-state index contributed by atoms with van der Waals surface area (Å²) >= 11 is 0. The molecule has 0 saturated heterocycles. The molecule has 9 nitrogen and oxygen atoms in total. The summed E-state index contributed by atoms with van der Waals surface area (Å²) in [4.78, 5) is 18.2. The Balaban J connectivity index is 1.87. The zero-order chi connectivity index (χ0) is 24.5. The van der Waals surface area contributed by atoms with Crippen molar-refractivity contribution in [2.24, 2.45) is 0 Å². The fourth-order valence-corrected chi connectivity index (χ4v) is 4.88. The van der Waals surface area contributed by atoms with E-state index < -0.39 is 10.0 Å². The Morgan fingerprint density at radius 3 is 2.50 bits per heavy atom. The second-order valence-electron chi connectivity index (χ2n) is 7.66. The molecule has 34 heavy (non-hydrogen) atoms. The van der Waals surface area contributed by atoms with E-state index in [0.717, 1.165) is 3.97 Å². The summed E-state index contributed by atoms with van der Waals surface area (Å²) in [5, 5.41) is 3.76. The van der Waals surface area contributed by atoms with Crippen molar-refractivity contribution in [2.45, 2.75) is 4.90 Å². The standard InChI is InChI=1S/C24H24N4O5S/c1-27(2)24(29)20-15-28(34(30,31)18-6-5-11-25-14-18)22-12-16(7-9-19(20)22)26-21-10-8-17(32-3)13-23(21)33-4/h5-15,26H,1-4H3. The first-order valence-electron chi connectivity index (χ1n) is 10.3. The molecule has 0 spiro atoms. The van der Waals surface area contributed by atoms with Gasteiger partial charge in [-0.3, -0.25) is 9.78 Å². The van der Waals surface area contributed by atoms with Gasteiger partial charge in [0.15, 0.2) is 0 Å². The minimum absolute atomic E-state index is 0.0194. The third-order valence-electron chi connectivity index (χ3n) is 5.29. The lowest BCUT2D eigenvalue weighted by Crippen LogP contribution is -2.21. The van der Waals surface area contributed by atoms with Gasteiger partial charge in [0.05, 0.1) is 31.0 Å². The molecule has 1 amide bonds. The largest absolute Gasteiger partial charge is 0.497 e. The van der Waals surface area contributed by atoms with E-state index in [9.17, 15) is 13.2 Å². The van der Waals surface area contributed by atoms with Gasteiger partial charge in [0, 0.05) is 49.8 Å². The van der Waals surface area contributed by atoms with Crippen molar-refractivity contribution >= 4 is 38.2 Å². The number of hydrogen-bond donors (Lipinski definition) is 1. The molecule has 176 valence electrons. The number of nitrogens with one attached hydrogen (secondary N) is 1. The third-order valence-corrected chi connectivity index (χ3v) is 6.94. The summed E-state index contributed by atoms with van der Waals surface area (Å²) in [7, 11) is 2.35. The van der Waals surface area contributed by atoms with E-state index in [-0.39, 0.29) is 16.4 Å². The lowest BCUT2D eigenvalue weighted by molar-refractivity contribution is 0.0829. The van der Waals surface area contributed by atoms with Gasteiger partial charge in [0.2, 0.25) is 0 Å². The Kier molecular flexibility index (Phi) is 6.16. The molecule has 2 aromatic carbocycles. The molecule has 2 aromatic heterocycles. The molecule has 0 aliphatic carbocycles. The normalized spacial score (nSPS) is 11.3. The molecule has 4 aromatic rings. The van der Waals surface area contributed by atoms with Crippen LogP contribution < -0.4 is 14.8 Å². The average molecular weight is 481 g/mol. The minimum atomic E-state index is -4.00. The highest BCUT2D eigenvalue weighted by Crippen LogP contribution is 2.34. The SMILES string of the molecule is COc1ccc(Nc2ccc3c(C(=O)N(C)C)cn(S(=O)(=O)c4cccnc4)c3c2)c(OC)c1. The van der Waals surface area contributed by atoms with Crippen molar-refractivity contribution in [3.05, 3.63) is 72.7 Å². The number of rotatable bonds is 7. The molecule has 0 aliphatic heterocycles. The zero-order valence-electron chi connectivity index (χ0n) is 19.1. The van der Waals surface area contributed by atoms with E-state index in [1.54, 1.807) is 70.8 Å². The highest BCUT2D eigenvalue weighted by atomic mass is 32.2. The van der Waals surface area contributed by atoms with Gasteiger partial charge in [-0.25, -0.2) is 12.4 Å². The lowest BCUT2D eigenvalue weighted by atomic mass is 10.1. The first kappa shape index (κ1) is 23.1.